The third-order valence-electron chi connectivity index (χ3n) is 5.39. The topological polar surface area (TPSA) is 32.3 Å². The number of carbonyl (C=O) groups is 1. The van der Waals surface area contributed by atoms with Crippen LogP contribution in [0, 0.1) is 5.92 Å². The first-order valence-corrected chi connectivity index (χ1v) is 10.3. The zero-order valence-electron chi connectivity index (χ0n) is 16.5. The highest BCUT2D eigenvalue weighted by Gasteiger charge is 2.15. The van der Waals surface area contributed by atoms with Crippen LogP contribution in [-0.4, -0.2) is 37.0 Å². The molecule has 27 heavy (non-hydrogen) atoms. The van der Waals surface area contributed by atoms with E-state index in [1.54, 1.807) is 0 Å². The summed E-state index contributed by atoms with van der Waals surface area (Å²) >= 11 is 0. The van der Waals surface area contributed by atoms with E-state index in [1.807, 2.05) is 18.2 Å². The first-order chi connectivity index (χ1) is 13.2. The predicted molar refractivity (Wildman–Crippen MR) is 113 cm³/mol. The van der Waals surface area contributed by atoms with Crippen molar-refractivity contribution in [1.82, 2.24) is 10.2 Å². The number of benzene rings is 2. The minimum Gasteiger partial charge on any atom is -0.356 e. The predicted octanol–water partition coefficient (Wildman–Crippen LogP) is 4.52. The average Bonchev–Trinajstić information content (AvgIpc) is 2.69. The van der Waals surface area contributed by atoms with Crippen molar-refractivity contribution in [1.29, 1.82) is 0 Å². The zero-order valence-corrected chi connectivity index (χ0v) is 16.5. The lowest BCUT2D eigenvalue weighted by atomic mass is 10.0. The van der Waals surface area contributed by atoms with E-state index in [9.17, 15) is 4.79 Å². The molecule has 3 rings (SSSR count). The highest BCUT2D eigenvalue weighted by Crippen LogP contribution is 2.19. The van der Waals surface area contributed by atoms with Gasteiger partial charge in [-0.05, 0) is 61.4 Å². The highest BCUT2D eigenvalue weighted by molar-refractivity contribution is 5.78. The summed E-state index contributed by atoms with van der Waals surface area (Å²) < 4.78 is 0. The third-order valence-corrected chi connectivity index (χ3v) is 5.39. The smallest absolute Gasteiger partial charge is 0.224 e. The lowest BCUT2D eigenvalue weighted by Crippen LogP contribution is -2.35. The van der Waals surface area contributed by atoms with Crippen molar-refractivity contribution in [2.24, 2.45) is 5.92 Å². The van der Waals surface area contributed by atoms with E-state index in [2.05, 4.69) is 53.5 Å². The Kier molecular flexibility index (Phi) is 7.46. The Bertz CT molecular complexity index is 696. The molecule has 3 nitrogen and oxygen atoms in total. The fraction of sp³-hybridized carbons (Fsp3) is 0.458. The molecule has 3 heteroatoms. The molecule has 1 amide bonds. The van der Waals surface area contributed by atoms with Crippen molar-refractivity contribution in [3.8, 4) is 11.1 Å². The minimum atomic E-state index is 0.119. The molecule has 0 radical (unpaired) electrons. The highest BCUT2D eigenvalue weighted by atomic mass is 16.1. The molecular formula is C24H32N2O. The Labute approximate surface area is 163 Å². The molecule has 1 atom stereocenters. The summed E-state index contributed by atoms with van der Waals surface area (Å²) in [5.41, 5.74) is 3.46. The van der Waals surface area contributed by atoms with Crippen LogP contribution in [-0.2, 0) is 11.2 Å². The molecule has 0 aromatic heterocycles. The maximum absolute atomic E-state index is 12.2. The number of nitrogens with one attached hydrogen (secondary N) is 1. The van der Waals surface area contributed by atoms with E-state index in [-0.39, 0.29) is 5.91 Å². The standard InChI is InChI=1S/C24H32N2O/c1-20-8-7-17-26(19-20)16-6-5-15-25-24(27)18-21-11-13-23(14-12-21)22-9-3-2-4-10-22/h2-4,9-14,20H,5-8,15-19H2,1H3,(H,25,27). The van der Waals surface area contributed by atoms with Crippen LogP contribution >= 0.6 is 0 Å². The molecule has 1 saturated heterocycles. The first kappa shape index (κ1) is 19.6. The normalized spacial score (nSPS) is 17.6. The molecule has 0 aliphatic carbocycles. The summed E-state index contributed by atoms with van der Waals surface area (Å²) in [5, 5.41) is 3.07. The SMILES string of the molecule is CC1CCCN(CCCCNC(=O)Cc2ccc(-c3ccccc3)cc2)C1. The number of carbonyl (C=O) groups excluding carboxylic acids is 1. The van der Waals surface area contributed by atoms with Crippen molar-refractivity contribution in [2.75, 3.05) is 26.2 Å². The van der Waals surface area contributed by atoms with Crippen LogP contribution in [0.4, 0.5) is 0 Å². The molecule has 1 aliphatic rings. The van der Waals surface area contributed by atoms with E-state index in [1.165, 1.54) is 50.0 Å². The van der Waals surface area contributed by atoms with E-state index < -0.39 is 0 Å². The number of piperidine rings is 1. The van der Waals surface area contributed by atoms with Crippen LogP contribution in [0.1, 0.15) is 38.2 Å². The van der Waals surface area contributed by atoms with Crippen LogP contribution in [0.2, 0.25) is 0 Å². The molecule has 1 fully saturated rings. The molecule has 144 valence electrons. The van der Waals surface area contributed by atoms with Gasteiger partial charge in [0, 0.05) is 13.1 Å². The second-order valence-corrected chi connectivity index (χ2v) is 7.84. The van der Waals surface area contributed by atoms with Gasteiger partial charge in [0.15, 0.2) is 0 Å². The average molecular weight is 365 g/mol. The van der Waals surface area contributed by atoms with E-state index in [0.717, 1.165) is 24.4 Å². The van der Waals surface area contributed by atoms with Crippen molar-refractivity contribution < 1.29 is 4.79 Å². The third kappa shape index (κ3) is 6.51. The fourth-order valence-corrected chi connectivity index (χ4v) is 3.87. The summed E-state index contributed by atoms with van der Waals surface area (Å²) in [4.78, 5) is 14.7. The van der Waals surface area contributed by atoms with Gasteiger partial charge < -0.3 is 10.2 Å². The van der Waals surface area contributed by atoms with E-state index in [0.29, 0.717) is 6.42 Å². The number of nitrogens with zero attached hydrogens (tertiary/aromatic N) is 1. The second-order valence-electron chi connectivity index (χ2n) is 7.84. The Morgan fingerprint density at radius 3 is 2.52 bits per heavy atom. The number of hydrogen-bond donors (Lipinski definition) is 1. The van der Waals surface area contributed by atoms with Gasteiger partial charge in [-0.25, -0.2) is 0 Å². The minimum absolute atomic E-state index is 0.119. The van der Waals surface area contributed by atoms with Crippen LogP contribution < -0.4 is 5.32 Å². The molecule has 0 saturated carbocycles. The van der Waals surface area contributed by atoms with Gasteiger partial charge >= 0.3 is 0 Å². The Hall–Kier alpha value is -2.13. The van der Waals surface area contributed by atoms with Gasteiger partial charge in [-0.3, -0.25) is 4.79 Å². The van der Waals surface area contributed by atoms with Gasteiger partial charge in [-0.1, -0.05) is 61.5 Å². The molecule has 1 aliphatic heterocycles. The Morgan fingerprint density at radius 2 is 1.78 bits per heavy atom. The van der Waals surface area contributed by atoms with Crippen molar-refractivity contribution in [2.45, 2.75) is 39.0 Å². The van der Waals surface area contributed by atoms with Gasteiger partial charge in [0.2, 0.25) is 5.91 Å². The summed E-state index contributed by atoms with van der Waals surface area (Å²) in [6.07, 6.45) is 5.39. The van der Waals surface area contributed by atoms with Gasteiger partial charge in [-0.15, -0.1) is 0 Å². The molecule has 1 N–H and O–H groups in total. The molecule has 2 aromatic carbocycles. The molecular weight excluding hydrogens is 332 g/mol. The van der Waals surface area contributed by atoms with Crippen LogP contribution in [0.25, 0.3) is 11.1 Å². The van der Waals surface area contributed by atoms with Gasteiger partial charge in [-0.2, -0.15) is 0 Å². The zero-order chi connectivity index (χ0) is 18.9. The fourth-order valence-electron chi connectivity index (χ4n) is 3.87. The van der Waals surface area contributed by atoms with Crippen LogP contribution in [0.3, 0.4) is 0 Å². The van der Waals surface area contributed by atoms with Gasteiger partial charge in [0.25, 0.3) is 0 Å². The maximum atomic E-state index is 12.2. The summed E-state index contributed by atoms with van der Waals surface area (Å²) in [7, 11) is 0. The van der Waals surface area contributed by atoms with Gasteiger partial charge in [0.1, 0.15) is 0 Å². The van der Waals surface area contributed by atoms with Crippen LogP contribution in [0.15, 0.2) is 54.6 Å². The number of hydrogen-bond acceptors (Lipinski definition) is 2. The van der Waals surface area contributed by atoms with E-state index in [4.69, 9.17) is 0 Å². The molecule has 1 unspecified atom stereocenters. The van der Waals surface area contributed by atoms with Crippen LogP contribution in [0.5, 0.6) is 0 Å². The summed E-state index contributed by atoms with van der Waals surface area (Å²) in [6, 6.07) is 18.6. The number of rotatable bonds is 8. The molecule has 0 spiro atoms. The Morgan fingerprint density at radius 1 is 1.04 bits per heavy atom. The monoisotopic (exact) mass is 364 g/mol. The summed E-state index contributed by atoms with van der Waals surface area (Å²) in [5.74, 6) is 0.959. The van der Waals surface area contributed by atoms with E-state index >= 15 is 0 Å². The molecule has 1 heterocycles. The first-order valence-electron chi connectivity index (χ1n) is 10.3. The van der Waals surface area contributed by atoms with Gasteiger partial charge in [0.05, 0.1) is 6.42 Å². The lowest BCUT2D eigenvalue weighted by molar-refractivity contribution is -0.120. The molecule has 2 aromatic rings. The van der Waals surface area contributed by atoms with Crippen molar-refractivity contribution >= 4 is 5.91 Å². The quantitative estimate of drug-likeness (QED) is 0.698. The number of amides is 1. The Balaban J connectivity index is 1.33. The second kappa shape index (κ2) is 10.3. The largest absolute Gasteiger partial charge is 0.356 e. The number of likely N-dealkylation sites (tertiary alicyclic amines) is 1. The van der Waals surface area contributed by atoms with Crippen molar-refractivity contribution in [3.05, 3.63) is 60.2 Å². The number of unbranched alkanes of at least 4 members (excludes halogenated alkanes) is 1. The maximum Gasteiger partial charge on any atom is 0.224 e. The lowest BCUT2D eigenvalue weighted by Gasteiger charge is -2.30. The van der Waals surface area contributed by atoms with Crippen molar-refractivity contribution in [3.63, 3.8) is 0 Å². The summed E-state index contributed by atoms with van der Waals surface area (Å²) in [6.45, 7) is 6.78. The molecule has 0 bridgehead atoms.